The number of anilines is 2. The topological polar surface area (TPSA) is 75.9 Å². The number of piperazine rings is 1. The van der Waals surface area contributed by atoms with Crippen LogP contribution in [0.4, 0.5) is 24.5 Å². The van der Waals surface area contributed by atoms with E-state index in [1.165, 1.54) is 12.1 Å². The van der Waals surface area contributed by atoms with Crippen molar-refractivity contribution in [3.63, 3.8) is 0 Å². The zero-order valence-corrected chi connectivity index (χ0v) is 24.4. The van der Waals surface area contributed by atoms with Gasteiger partial charge in [0, 0.05) is 43.8 Å². The number of carbonyl (C=O) groups excluding carboxylic acids is 1. The standard InChI is InChI=1S/C31H37F3N6O2/c1-5-27(41)40-15-14-39(17-21(40)3)29-23-11-13-38(28-20(2)8-6-10-25(28)31(32,33)34)18-26(23)36-30(24(29)16-35)42-19-22-9-7-12-37(22)4/h5-6,8,10,21-22H,1,7,9,11-15,17-19H2,2-4H3. The largest absolute Gasteiger partial charge is 0.475 e. The van der Waals surface area contributed by atoms with Gasteiger partial charge in [0.25, 0.3) is 0 Å². The van der Waals surface area contributed by atoms with E-state index in [2.05, 4.69) is 22.4 Å². The second-order valence-corrected chi connectivity index (χ2v) is 11.4. The van der Waals surface area contributed by atoms with Crippen molar-refractivity contribution in [3.8, 4) is 11.9 Å². The van der Waals surface area contributed by atoms with Gasteiger partial charge in [-0.1, -0.05) is 18.7 Å². The average molecular weight is 583 g/mol. The maximum atomic E-state index is 14.0. The number of nitriles is 1. The molecule has 0 aliphatic carbocycles. The molecule has 5 rings (SSSR count). The number of aryl methyl sites for hydroxylation is 1. The number of amides is 1. The smallest absolute Gasteiger partial charge is 0.418 e. The maximum absolute atomic E-state index is 14.0. The van der Waals surface area contributed by atoms with Gasteiger partial charge < -0.3 is 24.3 Å². The number of rotatable bonds is 6. The molecule has 0 spiro atoms. The number of para-hydroxylation sites is 1. The third kappa shape index (κ3) is 5.64. The van der Waals surface area contributed by atoms with Gasteiger partial charge in [0.2, 0.25) is 11.8 Å². The summed E-state index contributed by atoms with van der Waals surface area (Å²) in [5, 5.41) is 10.4. The molecule has 1 aromatic heterocycles. The Balaban J connectivity index is 1.55. The fourth-order valence-electron chi connectivity index (χ4n) is 6.56. The van der Waals surface area contributed by atoms with Crippen LogP contribution in [0.2, 0.25) is 0 Å². The third-order valence-corrected chi connectivity index (χ3v) is 8.75. The van der Waals surface area contributed by atoms with Crippen molar-refractivity contribution in [3.05, 3.63) is 58.8 Å². The van der Waals surface area contributed by atoms with Crippen LogP contribution in [0.5, 0.6) is 5.88 Å². The second-order valence-electron chi connectivity index (χ2n) is 11.4. The SMILES string of the molecule is C=CC(=O)N1CCN(c2c(C#N)c(OCC3CCCN3C)nc3c2CCN(c2c(C)cccc2C(F)(F)F)C3)CC1C. The number of carbonyl (C=O) groups is 1. The fourth-order valence-corrected chi connectivity index (χ4v) is 6.56. The number of halogens is 3. The molecule has 0 bridgehead atoms. The van der Waals surface area contributed by atoms with E-state index in [0.29, 0.717) is 56.0 Å². The number of hydrogen-bond donors (Lipinski definition) is 0. The summed E-state index contributed by atoms with van der Waals surface area (Å²) in [4.78, 5) is 25.0. The summed E-state index contributed by atoms with van der Waals surface area (Å²) in [5.41, 5.74) is 2.55. The summed E-state index contributed by atoms with van der Waals surface area (Å²) in [6, 6.07) is 6.65. The Hall–Kier alpha value is -3.78. The van der Waals surface area contributed by atoms with E-state index in [1.54, 1.807) is 22.8 Å². The highest BCUT2D eigenvalue weighted by atomic mass is 19.4. The first-order valence-electron chi connectivity index (χ1n) is 14.4. The summed E-state index contributed by atoms with van der Waals surface area (Å²) < 4.78 is 48.4. The van der Waals surface area contributed by atoms with Crippen LogP contribution in [0.25, 0.3) is 0 Å². The number of benzene rings is 1. The van der Waals surface area contributed by atoms with Crippen molar-refractivity contribution >= 4 is 17.3 Å². The first-order chi connectivity index (χ1) is 20.0. The lowest BCUT2D eigenvalue weighted by molar-refractivity contribution is -0.137. The van der Waals surface area contributed by atoms with E-state index in [9.17, 15) is 23.2 Å². The molecule has 42 heavy (non-hydrogen) atoms. The molecular weight excluding hydrogens is 545 g/mol. The number of likely N-dealkylation sites (N-methyl/N-ethyl adjacent to an activating group) is 1. The quantitative estimate of drug-likeness (QED) is 0.463. The Kier molecular flexibility index (Phi) is 8.37. The summed E-state index contributed by atoms with van der Waals surface area (Å²) in [6.45, 7) is 10.6. The van der Waals surface area contributed by atoms with Crippen LogP contribution in [-0.4, -0.2) is 79.2 Å². The monoisotopic (exact) mass is 582 g/mol. The summed E-state index contributed by atoms with van der Waals surface area (Å²) in [5.74, 6) is 0.0740. The zero-order valence-electron chi connectivity index (χ0n) is 24.4. The van der Waals surface area contributed by atoms with Crippen molar-refractivity contribution in [2.75, 3.05) is 56.2 Å². The van der Waals surface area contributed by atoms with E-state index in [4.69, 9.17) is 9.72 Å². The highest BCUT2D eigenvalue weighted by molar-refractivity contribution is 5.87. The van der Waals surface area contributed by atoms with Crippen LogP contribution in [-0.2, 0) is 23.9 Å². The van der Waals surface area contributed by atoms with Gasteiger partial charge in [-0.2, -0.15) is 18.4 Å². The van der Waals surface area contributed by atoms with Crippen molar-refractivity contribution < 1.29 is 22.7 Å². The van der Waals surface area contributed by atoms with Crippen LogP contribution < -0.4 is 14.5 Å². The number of aromatic nitrogens is 1. The highest BCUT2D eigenvalue weighted by Gasteiger charge is 2.38. The second kappa shape index (κ2) is 11.8. The van der Waals surface area contributed by atoms with Gasteiger partial charge >= 0.3 is 6.18 Å². The molecule has 8 nitrogen and oxygen atoms in total. The molecule has 0 N–H and O–H groups in total. The predicted molar refractivity (Wildman–Crippen MR) is 155 cm³/mol. The van der Waals surface area contributed by atoms with Gasteiger partial charge in [-0.25, -0.2) is 4.98 Å². The minimum Gasteiger partial charge on any atom is -0.475 e. The lowest BCUT2D eigenvalue weighted by atomic mass is 9.96. The van der Waals surface area contributed by atoms with Crippen LogP contribution in [0.1, 0.15) is 47.7 Å². The maximum Gasteiger partial charge on any atom is 0.418 e. The van der Waals surface area contributed by atoms with Crippen molar-refractivity contribution in [2.45, 2.75) is 57.9 Å². The minimum absolute atomic E-state index is 0.127. The fraction of sp³-hybridized carbons (Fsp3) is 0.516. The number of fused-ring (bicyclic) bond motifs is 1. The van der Waals surface area contributed by atoms with E-state index >= 15 is 0 Å². The van der Waals surface area contributed by atoms with Gasteiger partial charge in [-0.3, -0.25) is 4.79 Å². The van der Waals surface area contributed by atoms with E-state index in [1.807, 2.05) is 14.0 Å². The van der Waals surface area contributed by atoms with Crippen LogP contribution in [0, 0.1) is 18.3 Å². The molecule has 1 amide bonds. The summed E-state index contributed by atoms with van der Waals surface area (Å²) in [6.07, 6.45) is -0.719. The van der Waals surface area contributed by atoms with Crippen LogP contribution >= 0.6 is 0 Å². The Morgan fingerprint density at radius 2 is 2.00 bits per heavy atom. The van der Waals surface area contributed by atoms with Crippen molar-refractivity contribution in [1.82, 2.24) is 14.8 Å². The Bertz CT molecular complexity index is 1400. The van der Waals surface area contributed by atoms with Gasteiger partial charge in [0.1, 0.15) is 18.2 Å². The summed E-state index contributed by atoms with van der Waals surface area (Å²) >= 11 is 0. The molecule has 4 heterocycles. The number of alkyl halides is 3. The van der Waals surface area contributed by atoms with Gasteiger partial charge in [-0.15, -0.1) is 0 Å². The third-order valence-electron chi connectivity index (χ3n) is 8.75. The highest BCUT2D eigenvalue weighted by Crippen LogP contribution is 2.42. The molecule has 0 radical (unpaired) electrons. The first kappa shape index (κ1) is 29.7. The zero-order chi connectivity index (χ0) is 30.2. The number of pyridine rings is 1. The molecule has 2 saturated heterocycles. The van der Waals surface area contributed by atoms with Gasteiger partial charge in [0.15, 0.2) is 0 Å². The molecule has 2 atom stereocenters. The first-order valence-corrected chi connectivity index (χ1v) is 14.4. The Morgan fingerprint density at radius 1 is 1.21 bits per heavy atom. The van der Waals surface area contributed by atoms with Crippen LogP contribution in [0.15, 0.2) is 30.9 Å². The Labute approximate surface area is 245 Å². The molecule has 3 aliphatic heterocycles. The molecular formula is C31H37F3N6O2. The Morgan fingerprint density at radius 3 is 2.64 bits per heavy atom. The van der Waals surface area contributed by atoms with E-state index in [-0.39, 0.29) is 36.1 Å². The van der Waals surface area contributed by atoms with Gasteiger partial charge in [-0.05, 0) is 64.4 Å². The lowest BCUT2D eigenvalue weighted by Crippen LogP contribution is -2.54. The molecule has 2 fully saturated rings. The number of hydrogen-bond acceptors (Lipinski definition) is 7. The molecule has 1 aromatic carbocycles. The predicted octanol–water partition coefficient (Wildman–Crippen LogP) is 4.54. The number of likely N-dealkylation sites (tertiary alicyclic amines) is 1. The molecule has 2 unspecified atom stereocenters. The molecule has 3 aliphatic rings. The van der Waals surface area contributed by atoms with E-state index < -0.39 is 11.7 Å². The normalized spacial score (nSPS) is 21.2. The number of ether oxygens (including phenoxy) is 1. The molecule has 2 aromatic rings. The molecule has 224 valence electrons. The van der Waals surface area contributed by atoms with E-state index in [0.717, 1.165) is 36.7 Å². The molecule has 11 heteroatoms. The van der Waals surface area contributed by atoms with Crippen molar-refractivity contribution in [2.24, 2.45) is 0 Å². The van der Waals surface area contributed by atoms with Crippen LogP contribution in [0.3, 0.4) is 0 Å². The lowest BCUT2D eigenvalue weighted by Gasteiger charge is -2.43. The molecule has 0 saturated carbocycles. The van der Waals surface area contributed by atoms with Crippen molar-refractivity contribution in [1.29, 1.82) is 5.26 Å². The summed E-state index contributed by atoms with van der Waals surface area (Å²) in [7, 11) is 2.04. The number of nitrogens with zero attached hydrogens (tertiary/aromatic N) is 6. The average Bonchev–Trinajstić information content (AvgIpc) is 3.38. The van der Waals surface area contributed by atoms with Gasteiger partial charge in [0.05, 0.1) is 29.2 Å². The minimum atomic E-state index is -4.49.